The monoisotopic (exact) mass is 336 g/mol. The minimum absolute atomic E-state index is 0.816. The molecule has 0 amide bonds. The van der Waals surface area contributed by atoms with Crippen molar-refractivity contribution in [3.8, 4) is 11.3 Å². The second-order valence-corrected chi connectivity index (χ2v) is 6.27. The number of hydrogen-bond acceptors (Lipinski definition) is 4. The Balaban J connectivity index is 1.67. The van der Waals surface area contributed by atoms with E-state index in [1.807, 2.05) is 36.5 Å². The Morgan fingerprint density at radius 2 is 1.85 bits per heavy atom. The van der Waals surface area contributed by atoms with Crippen LogP contribution in [0.2, 0.25) is 0 Å². The van der Waals surface area contributed by atoms with E-state index in [-0.39, 0.29) is 0 Å². The van der Waals surface area contributed by atoms with Crippen molar-refractivity contribution in [3.63, 3.8) is 0 Å². The highest BCUT2D eigenvalue weighted by molar-refractivity contribution is 5.94. The molecule has 0 aliphatic heterocycles. The van der Waals surface area contributed by atoms with Gasteiger partial charge in [0.05, 0.1) is 11.2 Å². The van der Waals surface area contributed by atoms with Crippen LogP contribution in [0.25, 0.3) is 28.2 Å². The van der Waals surface area contributed by atoms with Crippen LogP contribution in [0.4, 0.5) is 11.5 Å². The van der Waals surface area contributed by atoms with Crippen LogP contribution in [0.1, 0.15) is 11.1 Å². The van der Waals surface area contributed by atoms with Gasteiger partial charge in [-0.3, -0.25) is 9.97 Å². The van der Waals surface area contributed by atoms with Gasteiger partial charge in [0.15, 0.2) is 0 Å². The number of pyridine rings is 3. The van der Waals surface area contributed by atoms with Crippen molar-refractivity contribution >= 4 is 28.5 Å². The van der Waals surface area contributed by atoms with Crippen molar-refractivity contribution < 1.29 is 0 Å². The fourth-order valence-corrected chi connectivity index (χ4v) is 3.37. The van der Waals surface area contributed by atoms with Gasteiger partial charge in [-0.15, -0.1) is 0 Å². The molecule has 0 atom stereocenters. The fraction of sp³-hybridized carbons (Fsp3) is 0.0455. The summed E-state index contributed by atoms with van der Waals surface area (Å²) in [6.45, 7) is 0. The molecule has 26 heavy (non-hydrogen) atoms. The zero-order valence-corrected chi connectivity index (χ0v) is 14.1. The number of aromatic nitrogens is 3. The molecule has 4 nitrogen and oxygen atoms in total. The molecule has 4 heteroatoms. The van der Waals surface area contributed by atoms with Crippen LogP contribution >= 0.6 is 0 Å². The van der Waals surface area contributed by atoms with Gasteiger partial charge in [-0.05, 0) is 48.4 Å². The van der Waals surface area contributed by atoms with Gasteiger partial charge in [0.1, 0.15) is 5.82 Å². The molecule has 3 aromatic heterocycles. The first-order chi connectivity index (χ1) is 12.9. The Labute approximate surface area is 151 Å². The van der Waals surface area contributed by atoms with E-state index in [1.54, 1.807) is 12.4 Å². The zero-order chi connectivity index (χ0) is 17.3. The summed E-state index contributed by atoms with van der Waals surface area (Å²) in [6, 6.07) is 16.3. The third-order valence-corrected chi connectivity index (χ3v) is 4.65. The van der Waals surface area contributed by atoms with Gasteiger partial charge in [-0.1, -0.05) is 24.3 Å². The lowest BCUT2D eigenvalue weighted by Gasteiger charge is -2.13. The Morgan fingerprint density at radius 3 is 2.77 bits per heavy atom. The van der Waals surface area contributed by atoms with Crippen LogP contribution in [-0.2, 0) is 6.42 Å². The largest absolute Gasteiger partial charge is 0.339 e. The van der Waals surface area contributed by atoms with Crippen molar-refractivity contribution in [2.75, 3.05) is 5.32 Å². The molecule has 5 rings (SSSR count). The van der Waals surface area contributed by atoms with E-state index in [1.165, 1.54) is 11.1 Å². The molecule has 0 unspecified atom stereocenters. The lowest BCUT2D eigenvalue weighted by Crippen LogP contribution is -2.00. The van der Waals surface area contributed by atoms with Crippen LogP contribution in [0.15, 0.2) is 73.2 Å². The minimum atomic E-state index is 0.816. The summed E-state index contributed by atoms with van der Waals surface area (Å²) in [5.74, 6) is 0.816. The molecule has 0 saturated carbocycles. The summed E-state index contributed by atoms with van der Waals surface area (Å²) in [5, 5.41) is 4.54. The molecule has 1 aliphatic rings. The van der Waals surface area contributed by atoms with Gasteiger partial charge in [0.2, 0.25) is 0 Å². The van der Waals surface area contributed by atoms with E-state index < -0.39 is 0 Å². The quantitative estimate of drug-likeness (QED) is 0.572. The first kappa shape index (κ1) is 14.8. The maximum atomic E-state index is 4.89. The second-order valence-electron chi connectivity index (χ2n) is 6.27. The van der Waals surface area contributed by atoms with Crippen LogP contribution in [0.3, 0.4) is 0 Å². The van der Waals surface area contributed by atoms with E-state index in [2.05, 4.69) is 45.6 Å². The number of hydrogen-bond donors (Lipinski definition) is 1. The van der Waals surface area contributed by atoms with Gasteiger partial charge in [0.25, 0.3) is 0 Å². The minimum Gasteiger partial charge on any atom is -0.339 e. The predicted molar refractivity (Wildman–Crippen MR) is 105 cm³/mol. The second kappa shape index (κ2) is 6.08. The number of anilines is 2. The average Bonchev–Trinajstić information content (AvgIpc) is 3.18. The van der Waals surface area contributed by atoms with E-state index in [0.717, 1.165) is 40.1 Å². The maximum Gasteiger partial charge on any atom is 0.140 e. The lowest BCUT2D eigenvalue weighted by atomic mass is 10.1. The molecule has 1 aromatic carbocycles. The Bertz CT molecular complexity index is 1130. The summed E-state index contributed by atoms with van der Waals surface area (Å²) in [5.41, 5.74) is 6.46. The number of fused-ring (bicyclic) bond motifs is 2. The van der Waals surface area contributed by atoms with Gasteiger partial charge in [0, 0.05) is 40.8 Å². The normalized spacial score (nSPS) is 12.3. The molecular formula is C22H16N4. The SMILES string of the molecule is C1=Cc2c(cccc2Nc2nc(-c3ccncc3)cc3ncccc23)C1. The number of benzene rings is 1. The summed E-state index contributed by atoms with van der Waals surface area (Å²) in [7, 11) is 0. The van der Waals surface area contributed by atoms with E-state index in [4.69, 9.17) is 4.98 Å². The molecule has 0 saturated heterocycles. The number of allylic oxidation sites excluding steroid dienone is 1. The van der Waals surface area contributed by atoms with Crippen molar-refractivity contribution in [3.05, 3.63) is 84.3 Å². The average molecular weight is 336 g/mol. The van der Waals surface area contributed by atoms with Gasteiger partial charge in [-0.25, -0.2) is 4.98 Å². The first-order valence-corrected chi connectivity index (χ1v) is 8.60. The molecular weight excluding hydrogens is 320 g/mol. The van der Waals surface area contributed by atoms with Gasteiger partial charge in [-0.2, -0.15) is 0 Å². The highest BCUT2D eigenvalue weighted by atomic mass is 15.0. The summed E-state index contributed by atoms with van der Waals surface area (Å²) in [4.78, 5) is 13.5. The molecule has 3 heterocycles. The van der Waals surface area contributed by atoms with Gasteiger partial charge < -0.3 is 5.32 Å². The highest BCUT2D eigenvalue weighted by Gasteiger charge is 2.13. The predicted octanol–water partition coefficient (Wildman–Crippen LogP) is 5.00. The van der Waals surface area contributed by atoms with Crippen LogP contribution in [-0.4, -0.2) is 15.0 Å². The Kier molecular flexibility index (Phi) is 3.46. The molecule has 0 radical (unpaired) electrons. The number of nitrogens with zero attached hydrogens (tertiary/aromatic N) is 3. The standard InChI is InChI=1S/C22H16N4/c1-4-15-5-2-8-19(17(15)6-1)25-22-18-7-3-11-24-21(18)14-20(26-22)16-9-12-23-13-10-16/h1-3,5-14H,4H2,(H,25,26). The maximum absolute atomic E-state index is 4.89. The van der Waals surface area contributed by atoms with Crippen LogP contribution in [0, 0.1) is 0 Å². The lowest BCUT2D eigenvalue weighted by molar-refractivity contribution is 1.27. The third kappa shape index (κ3) is 2.52. The van der Waals surface area contributed by atoms with Crippen LogP contribution < -0.4 is 5.32 Å². The number of rotatable bonds is 3. The molecule has 0 fully saturated rings. The molecule has 124 valence electrons. The van der Waals surface area contributed by atoms with Crippen molar-refractivity contribution in [1.82, 2.24) is 15.0 Å². The zero-order valence-electron chi connectivity index (χ0n) is 14.1. The third-order valence-electron chi connectivity index (χ3n) is 4.65. The van der Waals surface area contributed by atoms with Crippen molar-refractivity contribution in [1.29, 1.82) is 0 Å². The van der Waals surface area contributed by atoms with Crippen molar-refractivity contribution in [2.24, 2.45) is 0 Å². The van der Waals surface area contributed by atoms with E-state index in [9.17, 15) is 0 Å². The van der Waals surface area contributed by atoms with Crippen LogP contribution in [0.5, 0.6) is 0 Å². The molecule has 0 bridgehead atoms. The summed E-state index contributed by atoms with van der Waals surface area (Å²) in [6.07, 6.45) is 10.7. The Morgan fingerprint density at radius 1 is 0.923 bits per heavy atom. The highest BCUT2D eigenvalue weighted by Crippen LogP contribution is 2.32. The Hall–Kier alpha value is -3.53. The van der Waals surface area contributed by atoms with E-state index >= 15 is 0 Å². The smallest absolute Gasteiger partial charge is 0.140 e. The molecule has 1 aliphatic carbocycles. The molecule has 0 spiro atoms. The van der Waals surface area contributed by atoms with Gasteiger partial charge >= 0.3 is 0 Å². The molecule has 4 aromatic rings. The van der Waals surface area contributed by atoms with Crippen molar-refractivity contribution in [2.45, 2.75) is 6.42 Å². The summed E-state index contributed by atoms with van der Waals surface area (Å²) >= 11 is 0. The first-order valence-electron chi connectivity index (χ1n) is 8.60. The fourth-order valence-electron chi connectivity index (χ4n) is 3.37. The number of nitrogens with one attached hydrogen (secondary N) is 1. The topological polar surface area (TPSA) is 50.7 Å². The van der Waals surface area contributed by atoms with E-state index in [0.29, 0.717) is 0 Å². The summed E-state index contributed by atoms with van der Waals surface area (Å²) < 4.78 is 0. The molecule has 1 N–H and O–H groups in total.